The maximum Gasteiger partial charge on any atom is 0.251 e. The SMILES string of the molecule is CC(C)C(C)NC(=O)c1ccc(CSc2nc(Cl)cc(N3CCN(c4ccccc4F)CC3)n2)cc1. The number of rotatable bonds is 8. The van der Waals surface area contributed by atoms with Gasteiger partial charge in [-0.15, -0.1) is 0 Å². The summed E-state index contributed by atoms with van der Waals surface area (Å²) < 4.78 is 14.1. The first-order valence-corrected chi connectivity index (χ1v) is 13.5. The molecule has 3 aromatic rings. The highest BCUT2D eigenvalue weighted by Gasteiger charge is 2.21. The molecule has 2 heterocycles. The third-order valence-electron chi connectivity index (χ3n) is 6.40. The van der Waals surface area contributed by atoms with E-state index in [0.717, 1.165) is 11.4 Å². The summed E-state index contributed by atoms with van der Waals surface area (Å²) in [6, 6.07) is 16.3. The number of para-hydroxylation sites is 1. The number of carbonyl (C=O) groups excluding carboxylic acids is 1. The zero-order valence-corrected chi connectivity index (χ0v) is 22.3. The Morgan fingerprint density at radius 2 is 1.69 bits per heavy atom. The van der Waals surface area contributed by atoms with Crippen molar-refractivity contribution in [3.05, 3.63) is 76.7 Å². The molecule has 2 aromatic carbocycles. The Bertz CT molecular complexity index is 1190. The minimum Gasteiger partial charge on any atom is -0.366 e. The second kappa shape index (κ2) is 11.9. The van der Waals surface area contributed by atoms with Gasteiger partial charge in [-0.05, 0) is 42.7 Å². The van der Waals surface area contributed by atoms with E-state index in [1.807, 2.05) is 43.3 Å². The van der Waals surface area contributed by atoms with Crippen LogP contribution in [0.25, 0.3) is 0 Å². The monoisotopic (exact) mass is 527 g/mol. The van der Waals surface area contributed by atoms with Crippen molar-refractivity contribution < 1.29 is 9.18 Å². The van der Waals surface area contributed by atoms with Crippen LogP contribution in [0.15, 0.2) is 59.8 Å². The number of anilines is 2. The van der Waals surface area contributed by atoms with Gasteiger partial charge in [0.15, 0.2) is 5.16 Å². The van der Waals surface area contributed by atoms with Crippen molar-refractivity contribution in [2.45, 2.75) is 37.7 Å². The van der Waals surface area contributed by atoms with Gasteiger partial charge in [0.25, 0.3) is 5.91 Å². The van der Waals surface area contributed by atoms with Gasteiger partial charge in [-0.1, -0.05) is 61.5 Å². The fourth-order valence-corrected chi connectivity index (χ4v) is 4.89. The lowest BCUT2D eigenvalue weighted by Gasteiger charge is -2.36. The molecule has 1 N–H and O–H groups in total. The molecule has 1 saturated heterocycles. The first-order valence-electron chi connectivity index (χ1n) is 12.1. The fraction of sp³-hybridized carbons (Fsp3) is 0.370. The molecule has 0 aliphatic carbocycles. The Hall–Kier alpha value is -2.84. The lowest BCUT2D eigenvalue weighted by molar-refractivity contribution is 0.0930. The molecular weight excluding hydrogens is 497 g/mol. The van der Waals surface area contributed by atoms with Crippen molar-refractivity contribution >= 4 is 40.8 Å². The van der Waals surface area contributed by atoms with Gasteiger partial charge < -0.3 is 15.1 Å². The number of carbonyl (C=O) groups is 1. The third-order valence-corrected chi connectivity index (χ3v) is 7.51. The summed E-state index contributed by atoms with van der Waals surface area (Å²) in [5.74, 6) is 1.55. The van der Waals surface area contributed by atoms with Gasteiger partial charge in [-0.2, -0.15) is 0 Å². The molecule has 0 bridgehead atoms. The minimum absolute atomic E-state index is 0.0617. The van der Waals surface area contributed by atoms with E-state index in [9.17, 15) is 9.18 Å². The zero-order chi connectivity index (χ0) is 25.7. The van der Waals surface area contributed by atoms with Crippen molar-refractivity contribution in [3.63, 3.8) is 0 Å². The normalized spacial score (nSPS) is 14.7. The van der Waals surface area contributed by atoms with Crippen LogP contribution in [0.2, 0.25) is 5.15 Å². The number of hydrogen-bond acceptors (Lipinski definition) is 6. The highest BCUT2D eigenvalue weighted by atomic mass is 35.5. The molecule has 1 aliphatic heterocycles. The topological polar surface area (TPSA) is 61.4 Å². The Kier molecular flexibility index (Phi) is 8.69. The van der Waals surface area contributed by atoms with Crippen LogP contribution >= 0.6 is 23.4 Å². The van der Waals surface area contributed by atoms with Gasteiger partial charge >= 0.3 is 0 Å². The average molecular weight is 528 g/mol. The van der Waals surface area contributed by atoms with E-state index >= 15 is 0 Å². The van der Waals surface area contributed by atoms with E-state index in [0.29, 0.717) is 59.4 Å². The number of piperazine rings is 1. The Morgan fingerprint density at radius 1 is 1.03 bits per heavy atom. The molecule has 0 radical (unpaired) electrons. The summed E-state index contributed by atoms with van der Waals surface area (Å²) >= 11 is 7.82. The molecule has 1 aromatic heterocycles. The predicted octanol–water partition coefficient (Wildman–Crippen LogP) is 5.66. The fourth-order valence-electron chi connectivity index (χ4n) is 3.85. The molecule has 1 aliphatic rings. The lowest BCUT2D eigenvalue weighted by Crippen LogP contribution is -2.47. The Balaban J connectivity index is 1.34. The molecule has 0 spiro atoms. The largest absolute Gasteiger partial charge is 0.366 e. The zero-order valence-electron chi connectivity index (χ0n) is 20.7. The Labute approximate surface area is 221 Å². The quantitative estimate of drug-likeness (QED) is 0.232. The Morgan fingerprint density at radius 3 is 2.36 bits per heavy atom. The summed E-state index contributed by atoms with van der Waals surface area (Å²) in [6.45, 7) is 8.99. The van der Waals surface area contributed by atoms with Crippen LogP contribution in [0.1, 0.15) is 36.7 Å². The van der Waals surface area contributed by atoms with E-state index in [2.05, 4.69) is 33.9 Å². The lowest BCUT2D eigenvalue weighted by atomic mass is 10.1. The number of thioether (sulfide) groups is 1. The van der Waals surface area contributed by atoms with Crippen LogP contribution in [0.5, 0.6) is 0 Å². The molecule has 9 heteroatoms. The number of aromatic nitrogens is 2. The van der Waals surface area contributed by atoms with E-state index in [1.54, 1.807) is 12.1 Å². The summed E-state index contributed by atoms with van der Waals surface area (Å²) in [7, 11) is 0. The van der Waals surface area contributed by atoms with Crippen LogP contribution in [-0.4, -0.2) is 48.1 Å². The van der Waals surface area contributed by atoms with Gasteiger partial charge in [0, 0.05) is 49.6 Å². The van der Waals surface area contributed by atoms with Crippen molar-refractivity contribution in [2.24, 2.45) is 5.92 Å². The van der Waals surface area contributed by atoms with Crippen molar-refractivity contribution in [1.29, 1.82) is 0 Å². The molecule has 1 unspecified atom stereocenters. The highest BCUT2D eigenvalue weighted by molar-refractivity contribution is 7.98. The third kappa shape index (κ3) is 6.68. The molecule has 1 atom stereocenters. The van der Waals surface area contributed by atoms with Crippen LogP contribution in [0.3, 0.4) is 0 Å². The molecule has 0 saturated carbocycles. The second-order valence-electron chi connectivity index (χ2n) is 9.25. The molecule has 36 heavy (non-hydrogen) atoms. The number of nitrogens with zero attached hydrogens (tertiary/aromatic N) is 4. The number of halogens is 2. The van der Waals surface area contributed by atoms with Crippen LogP contribution in [-0.2, 0) is 5.75 Å². The molecular formula is C27H31ClFN5OS. The van der Waals surface area contributed by atoms with Gasteiger partial charge in [-0.3, -0.25) is 4.79 Å². The van der Waals surface area contributed by atoms with Crippen molar-refractivity contribution in [1.82, 2.24) is 15.3 Å². The van der Waals surface area contributed by atoms with Gasteiger partial charge in [0.2, 0.25) is 0 Å². The number of hydrogen-bond donors (Lipinski definition) is 1. The molecule has 1 fully saturated rings. The van der Waals surface area contributed by atoms with Crippen LogP contribution in [0.4, 0.5) is 15.9 Å². The molecule has 1 amide bonds. The standard InChI is InChI=1S/C27H31ClFN5OS/c1-18(2)19(3)30-26(35)21-10-8-20(9-11-21)17-36-27-31-24(28)16-25(32-27)34-14-12-33(13-15-34)23-7-5-4-6-22(23)29/h4-11,16,18-19H,12-15,17H2,1-3H3,(H,30,35). The molecule has 4 rings (SSSR count). The number of amides is 1. The first-order chi connectivity index (χ1) is 17.3. The van der Waals surface area contributed by atoms with Crippen LogP contribution in [0, 0.1) is 11.7 Å². The van der Waals surface area contributed by atoms with E-state index in [-0.39, 0.29) is 17.8 Å². The van der Waals surface area contributed by atoms with E-state index in [4.69, 9.17) is 16.6 Å². The maximum absolute atomic E-state index is 14.1. The smallest absolute Gasteiger partial charge is 0.251 e. The van der Waals surface area contributed by atoms with Gasteiger partial charge in [0.1, 0.15) is 16.8 Å². The summed E-state index contributed by atoms with van der Waals surface area (Å²) in [5.41, 5.74) is 2.34. The average Bonchev–Trinajstić information content (AvgIpc) is 2.88. The van der Waals surface area contributed by atoms with E-state index < -0.39 is 0 Å². The minimum atomic E-state index is -0.200. The number of nitrogens with one attached hydrogen (secondary N) is 1. The van der Waals surface area contributed by atoms with Crippen molar-refractivity contribution in [2.75, 3.05) is 36.0 Å². The van der Waals surface area contributed by atoms with Gasteiger partial charge in [-0.25, -0.2) is 14.4 Å². The number of benzene rings is 2. The second-order valence-corrected chi connectivity index (χ2v) is 10.6. The molecule has 6 nitrogen and oxygen atoms in total. The van der Waals surface area contributed by atoms with E-state index in [1.165, 1.54) is 17.8 Å². The summed E-state index contributed by atoms with van der Waals surface area (Å²) in [5, 5.41) is 4.02. The first kappa shape index (κ1) is 26.2. The maximum atomic E-state index is 14.1. The predicted molar refractivity (Wildman–Crippen MR) is 146 cm³/mol. The van der Waals surface area contributed by atoms with Gasteiger partial charge in [0.05, 0.1) is 5.69 Å². The van der Waals surface area contributed by atoms with Crippen molar-refractivity contribution in [3.8, 4) is 0 Å². The summed E-state index contributed by atoms with van der Waals surface area (Å²) in [6.07, 6.45) is 0. The van der Waals surface area contributed by atoms with Crippen LogP contribution < -0.4 is 15.1 Å². The molecule has 190 valence electrons. The summed E-state index contributed by atoms with van der Waals surface area (Å²) in [4.78, 5) is 25.7. The highest BCUT2D eigenvalue weighted by Crippen LogP contribution is 2.27.